The highest BCUT2D eigenvalue weighted by atomic mass is 16.5. The van der Waals surface area contributed by atoms with Gasteiger partial charge in [-0.25, -0.2) is 0 Å². The van der Waals surface area contributed by atoms with Gasteiger partial charge in [0.15, 0.2) is 12.4 Å². The first-order valence-electron chi connectivity index (χ1n) is 11.8. The molecule has 8 nitrogen and oxygen atoms in total. The fraction of sp³-hybridized carbons (Fsp3) is 0.760. The third-order valence-corrected chi connectivity index (χ3v) is 9.22. The molecule has 0 aliphatic heterocycles. The Morgan fingerprint density at radius 1 is 1.15 bits per heavy atom. The van der Waals surface area contributed by atoms with Crippen LogP contribution in [0.1, 0.15) is 66.2 Å². The first-order valence-corrected chi connectivity index (χ1v) is 11.8. The van der Waals surface area contributed by atoms with Gasteiger partial charge in [-0.1, -0.05) is 13.8 Å². The molecule has 8 heteroatoms. The van der Waals surface area contributed by atoms with E-state index in [0.717, 1.165) is 5.57 Å². The number of Topliss-reactive ketones (excluding diaryl/α,β-unsaturated/α-hetero) is 1. The Morgan fingerprint density at radius 2 is 1.85 bits per heavy atom. The fourth-order valence-corrected chi connectivity index (χ4v) is 7.78. The van der Waals surface area contributed by atoms with E-state index >= 15 is 0 Å². The van der Waals surface area contributed by atoms with Gasteiger partial charge in [-0.2, -0.15) is 0 Å². The number of carbonyl (C=O) groups excluding carboxylic acids is 4. The molecule has 2 N–H and O–H groups in total. The van der Waals surface area contributed by atoms with Crippen LogP contribution in [0.15, 0.2) is 11.6 Å². The van der Waals surface area contributed by atoms with Crippen molar-refractivity contribution in [2.45, 2.75) is 84.0 Å². The van der Waals surface area contributed by atoms with Crippen molar-refractivity contribution in [3.8, 4) is 0 Å². The molecular formula is C25H34O8. The molecule has 0 radical (unpaired) electrons. The van der Waals surface area contributed by atoms with Crippen LogP contribution in [0.3, 0.4) is 0 Å². The van der Waals surface area contributed by atoms with Crippen molar-refractivity contribution in [2.75, 3.05) is 6.61 Å². The number of aliphatic hydroxyl groups excluding tert-OH is 1. The maximum atomic E-state index is 13.0. The van der Waals surface area contributed by atoms with Crippen molar-refractivity contribution < 1.29 is 38.9 Å². The largest absolute Gasteiger partial charge is 0.458 e. The van der Waals surface area contributed by atoms with Gasteiger partial charge in [-0.3, -0.25) is 19.2 Å². The van der Waals surface area contributed by atoms with E-state index < -0.39 is 53.0 Å². The zero-order valence-electron chi connectivity index (χ0n) is 19.8. The van der Waals surface area contributed by atoms with Crippen molar-refractivity contribution in [1.29, 1.82) is 0 Å². The summed E-state index contributed by atoms with van der Waals surface area (Å²) in [4.78, 5) is 48.4. The van der Waals surface area contributed by atoms with E-state index in [1.54, 1.807) is 6.08 Å². The van der Waals surface area contributed by atoms with Gasteiger partial charge in [0.05, 0.1) is 6.10 Å². The number of fused-ring (bicyclic) bond motifs is 5. The molecular weight excluding hydrogens is 428 g/mol. The van der Waals surface area contributed by atoms with Gasteiger partial charge in [-0.05, 0) is 66.9 Å². The molecule has 182 valence electrons. The molecule has 33 heavy (non-hydrogen) atoms. The van der Waals surface area contributed by atoms with Gasteiger partial charge in [0.2, 0.25) is 5.78 Å². The van der Waals surface area contributed by atoms with E-state index in [9.17, 15) is 29.4 Å². The van der Waals surface area contributed by atoms with E-state index in [2.05, 4.69) is 0 Å². The van der Waals surface area contributed by atoms with E-state index in [4.69, 9.17) is 9.47 Å². The van der Waals surface area contributed by atoms with Crippen LogP contribution in [0.4, 0.5) is 0 Å². The lowest BCUT2D eigenvalue weighted by molar-refractivity contribution is -0.191. The number of hydrogen-bond donors (Lipinski definition) is 2. The Hall–Kier alpha value is -2.06. The van der Waals surface area contributed by atoms with Gasteiger partial charge < -0.3 is 19.7 Å². The molecule has 0 bridgehead atoms. The molecule has 0 spiro atoms. The molecule has 3 saturated carbocycles. The van der Waals surface area contributed by atoms with Crippen LogP contribution < -0.4 is 0 Å². The molecule has 4 rings (SSSR count). The molecule has 8 atom stereocenters. The maximum absolute atomic E-state index is 13.0. The van der Waals surface area contributed by atoms with Gasteiger partial charge in [0.1, 0.15) is 11.7 Å². The first kappa shape index (κ1) is 24.1. The summed E-state index contributed by atoms with van der Waals surface area (Å²) in [5, 5.41) is 23.0. The van der Waals surface area contributed by atoms with Gasteiger partial charge in [0.25, 0.3) is 0 Å². The van der Waals surface area contributed by atoms with Crippen molar-refractivity contribution in [3.63, 3.8) is 0 Å². The molecule has 0 aromatic carbocycles. The zero-order valence-corrected chi connectivity index (χ0v) is 19.8. The number of ether oxygens (including phenoxy) is 2. The van der Waals surface area contributed by atoms with E-state index in [0.29, 0.717) is 25.7 Å². The number of rotatable bonds is 4. The summed E-state index contributed by atoms with van der Waals surface area (Å²) in [5.41, 5.74) is -2.36. The number of ketones is 2. The molecule has 4 aliphatic carbocycles. The monoisotopic (exact) mass is 462 g/mol. The fourth-order valence-electron chi connectivity index (χ4n) is 7.78. The van der Waals surface area contributed by atoms with Crippen molar-refractivity contribution in [3.05, 3.63) is 11.6 Å². The molecule has 0 saturated heterocycles. The predicted octanol–water partition coefficient (Wildman–Crippen LogP) is 1.89. The normalized spacial score (nSPS) is 44.1. The lowest BCUT2D eigenvalue weighted by Crippen LogP contribution is -2.63. The second-order valence-electron chi connectivity index (χ2n) is 10.9. The number of aliphatic hydroxyl groups is 2. The second kappa shape index (κ2) is 8.01. The summed E-state index contributed by atoms with van der Waals surface area (Å²) in [6.07, 6.45) is 2.62. The summed E-state index contributed by atoms with van der Waals surface area (Å²) in [6.45, 7) is 5.94. The Balaban J connectivity index is 1.72. The lowest BCUT2D eigenvalue weighted by Gasteiger charge is -2.61. The van der Waals surface area contributed by atoms with Crippen LogP contribution in [0, 0.1) is 28.6 Å². The smallest absolute Gasteiger partial charge is 0.303 e. The van der Waals surface area contributed by atoms with Crippen LogP contribution in [0.5, 0.6) is 0 Å². The highest BCUT2D eigenvalue weighted by molar-refractivity contribution is 5.92. The molecule has 0 aromatic heterocycles. The number of carbonyl (C=O) groups is 4. The highest BCUT2D eigenvalue weighted by Crippen LogP contribution is 2.67. The summed E-state index contributed by atoms with van der Waals surface area (Å²) in [7, 11) is 0. The third-order valence-electron chi connectivity index (χ3n) is 9.22. The summed E-state index contributed by atoms with van der Waals surface area (Å²) >= 11 is 0. The van der Waals surface area contributed by atoms with Crippen molar-refractivity contribution >= 4 is 23.5 Å². The Kier molecular flexibility index (Phi) is 5.85. The predicted molar refractivity (Wildman–Crippen MR) is 116 cm³/mol. The van der Waals surface area contributed by atoms with Crippen LogP contribution >= 0.6 is 0 Å². The van der Waals surface area contributed by atoms with E-state index in [1.807, 2.05) is 13.8 Å². The molecule has 0 amide bonds. The quantitative estimate of drug-likeness (QED) is 0.607. The van der Waals surface area contributed by atoms with Crippen LogP contribution in [-0.4, -0.2) is 58.1 Å². The average Bonchev–Trinajstić information content (AvgIpc) is 2.98. The van der Waals surface area contributed by atoms with Gasteiger partial charge >= 0.3 is 11.9 Å². The molecule has 0 heterocycles. The molecule has 8 unspecified atom stereocenters. The summed E-state index contributed by atoms with van der Waals surface area (Å²) < 4.78 is 10.6. The highest BCUT2D eigenvalue weighted by Gasteiger charge is 2.69. The number of hydrogen-bond acceptors (Lipinski definition) is 8. The van der Waals surface area contributed by atoms with Crippen LogP contribution in [0.25, 0.3) is 0 Å². The Labute approximate surface area is 193 Å². The number of esters is 2. The average molecular weight is 463 g/mol. The third kappa shape index (κ3) is 3.57. The molecule has 3 fully saturated rings. The second-order valence-corrected chi connectivity index (χ2v) is 10.9. The minimum atomic E-state index is -1.71. The standard InChI is InChI=1S/C25H34O8/c1-13(26)32-12-21(30)25(31)8-6-17-16-10-20(33-14(2)27)18-9-15(28)5-7-23(18,3)22(16)19(29)11-24(17,25)4/h9,16-17,19-20,22,29,31H,5-8,10-12H2,1-4H3. The lowest BCUT2D eigenvalue weighted by atomic mass is 9.45. The maximum Gasteiger partial charge on any atom is 0.303 e. The van der Waals surface area contributed by atoms with Gasteiger partial charge in [0, 0.05) is 25.7 Å². The van der Waals surface area contributed by atoms with Crippen molar-refractivity contribution in [1.82, 2.24) is 0 Å². The van der Waals surface area contributed by atoms with Crippen LogP contribution in [-0.2, 0) is 28.7 Å². The topological polar surface area (TPSA) is 127 Å². The molecule has 4 aliphatic rings. The van der Waals surface area contributed by atoms with E-state index in [-0.39, 0.29) is 36.4 Å². The Morgan fingerprint density at radius 3 is 2.48 bits per heavy atom. The van der Waals surface area contributed by atoms with Crippen LogP contribution in [0.2, 0.25) is 0 Å². The SMILES string of the molecule is CC(=O)OCC(=O)C1(O)CCC2C3CC(OC(C)=O)C4=CC(=O)CCC4(C)C3C(O)CC21C. The Bertz CT molecular complexity index is 923. The van der Waals surface area contributed by atoms with E-state index in [1.165, 1.54) is 13.8 Å². The minimum absolute atomic E-state index is 0.000441. The zero-order chi connectivity index (χ0) is 24.3. The van der Waals surface area contributed by atoms with Crippen molar-refractivity contribution in [2.24, 2.45) is 28.6 Å². The van der Waals surface area contributed by atoms with Gasteiger partial charge in [-0.15, -0.1) is 0 Å². The first-order chi connectivity index (χ1) is 15.3. The summed E-state index contributed by atoms with van der Waals surface area (Å²) in [5.74, 6) is -1.94. The summed E-state index contributed by atoms with van der Waals surface area (Å²) in [6, 6.07) is 0. The molecule has 0 aromatic rings. The minimum Gasteiger partial charge on any atom is -0.458 e.